The van der Waals surface area contributed by atoms with Gasteiger partial charge in [0.15, 0.2) is 0 Å². The number of aliphatic hydroxyl groups is 1. The second kappa shape index (κ2) is 6.90. The molecule has 1 fully saturated rings. The molecule has 1 heterocycles. The number of aryl methyl sites for hydroxylation is 1. The molecule has 1 saturated carbocycles. The van der Waals surface area contributed by atoms with Gasteiger partial charge in [-0.1, -0.05) is 43.2 Å². The molecule has 1 atom stereocenters. The maximum atomic E-state index is 10.2. The van der Waals surface area contributed by atoms with Crippen LogP contribution in [0.3, 0.4) is 0 Å². The molecule has 1 aliphatic carbocycles. The average molecular weight is 284 g/mol. The molecular formula is C18H24N2O. The van der Waals surface area contributed by atoms with Gasteiger partial charge in [-0.25, -0.2) is 0 Å². The van der Waals surface area contributed by atoms with E-state index in [1.165, 1.54) is 25.7 Å². The van der Waals surface area contributed by atoms with Gasteiger partial charge in [0.2, 0.25) is 0 Å². The minimum absolute atomic E-state index is 0.358. The van der Waals surface area contributed by atoms with Crippen LogP contribution in [0.5, 0.6) is 0 Å². The molecule has 2 aromatic rings. The normalized spacial score (nSPS) is 17.2. The van der Waals surface area contributed by atoms with E-state index in [9.17, 15) is 5.11 Å². The summed E-state index contributed by atoms with van der Waals surface area (Å²) in [4.78, 5) is 0. The van der Waals surface area contributed by atoms with Gasteiger partial charge in [-0.15, -0.1) is 0 Å². The smallest absolute Gasteiger partial charge is 0.0790 e. The first-order valence-electron chi connectivity index (χ1n) is 8.10. The molecular weight excluding hydrogens is 260 g/mol. The molecule has 112 valence electrons. The van der Waals surface area contributed by atoms with Gasteiger partial charge >= 0.3 is 0 Å². The van der Waals surface area contributed by atoms with Crippen LogP contribution in [0, 0.1) is 0 Å². The van der Waals surface area contributed by atoms with E-state index < -0.39 is 0 Å². The molecule has 1 aromatic heterocycles. The lowest BCUT2D eigenvalue weighted by Crippen LogP contribution is -2.05. The minimum atomic E-state index is -0.358. The Hall–Kier alpha value is -1.61. The van der Waals surface area contributed by atoms with Crippen LogP contribution in [0.15, 0.2) is 42.6 Å². The minimum Gasteiger partial charge on any atom is -0.388 e. The van der Waals surface area contributed by atoms with Gasteiger partial charge in [0.25, 0.3) is 0 Å². The molecule has 0 amide bonds. The van der Waals surface area contributed by atoms with Crippen molar-refractivity contribution in [2.45, 2.75) is 57.1 Å². The molecule has 1 unspecified atom stereocenters. The van der Waals surface area contributed by atoms with Gasteiger partial charge in [0, 0.05) is 6.20 Å². The van der Waals surface area contributed by atoms with E-state index in [-0.39, 0.29) is 6.10 Å². The second-order valence-corrected chi connectivity index (χ2v) is 6.04. The first-order chi connectivity index (χ1) is 10.3. The Morgan fingerprint density at radius 1 is 1.14 bits per heavy atom. The maximum Gasteiger partial charge on any atom is 0.0790 e. The summed E-state index contributed by atoms with van der Waals surface area (Å²) in [5, 5.41) is 14.8. The Morgan fingerprint density at radius 3 is 2.67 bits per heavy atom. The van der Waals surface area contributed by atoms with E-state index >= 15 is 0 Å². The highest BCUT2D eigenvalue weighted by molar-refractivity contribution is 5.17. The fourth-order valence-electron chi connectivity index (χ4n) is 3.20. The van der Waals surface area contributed by atoms with Crippen LogP contribution in [0.4, 0.5) is 0 Å². The lowest BCUT2D eigenvalue weighted by molar-refractivity contribution is 0.164. The first-order valence-corrected chi connectivity index (χ1v) is 8.10. The summed E-state index contributed by atoms with van der Waals surface area (Å²) >= 11 is 0. The van der Waals surface area contributed by atoms with E-state index in [1.54, 1.807) is 0 Å². The number of nitrogens with zero attached hydrogens (tertiary/aromatic N) is 2. The third-order valence-corrected chi connectivity index (χ3v) is 4.46. The zero-order valence-electron chi connectivity index (χ0n) is 12.5. The summed E-state index contributed by atoms with van der Waals surface area (Å²) in [5.41, 5.74) is 2.16. The Balaban J connectivity index is 1.47. The molecule has 1 aliphatic rings. The number of hydrogen-bond donors (Lipinski definition) is 1. The van der Waals surface area contributed by atoms with Crippen LogP contribution in [0.1, 0.15) is 61.9 Å². The zero-order valence-corrected chi connectivity index (χ0v) is 12.5. The standard InChI is InChI=1S/C18H24N2O/c21-18(15-7-2-1-3-8-15)12-6-9-16-13-14-20(19-16)17-10-4-5-11-17/h1-3,7-8,13-14,17-18,21H,4-6,9-12H2. The lowest BCUT2D eigenvalue weighted by atomic mass is 10.0. The van der Waals surface area contributed by atoms with Gasteiger partial charge in [-0.3, -0.25) is 4.68 Å². The third kappa shape index (κ3) is 3.73. The van der Waals surface area contributed by atoms with Crippen molar-refractivity contribution in [3.05, 3.63) is 53.9 Å². The highest BCUT2D eigenvalue weighted by atomic mass is 16.3. The molecule has 0 aliphatic heterocycles. The van der Waals surface area contributed by atoms with E-state index in [0.29, 0.717) is 6.04 Å². The summed E-state index contributed by atoms with van der Waals surface area (Å²) in [6, 6.07) is 12.6. The van der Waals surface area contributed by atoms with Crippen LogP contribution >= 0.6 is 0 Å². The zero-order chi connectivity index (χ0) is 14.5. The fraction of sp³-hybridized carbons (Fsp3) is 0.500. The van der Waals surface area contributed by atoms with Crippen molar-refractivity contribution in [1.82, 2.24) is 9.78 Å². The van der Waals surface area contributed by atoms with E-state index in [2.05, 4.69) is 16.9 Å². The lowest BCUT2D eigenvalue weighted by Gasteiger charge is -2.10. The summed E-state index contributed by atoms with van der Waals surface area (Å²) < 4.78 is 2.15. The quantitative estimate of drug-likeness (QED) is 0.869. The Morgan fingerprint density at radius 2 is 1.90 bits per heavy atom. The maximum absolute atomic E-state index is 10.2. The van der Waals surface area contributed by atoms with Gasteiger partial charge < -0.3 is 5.11 Å². The second-order valence-electron chi connectivity index (χ2n) is 6.04. The molecule has 0 spiro atoms. The summed E-state index contributed by atoms with van der Waals surface area (Å²) in [7, 11) is 0. The van der Waals surface area contributed by atoms with Crippen molar-refractivity contribution in [2.24, 2.45) is 0 Å². The van der Waals surface area contributed by atoms with Crippen LogP contribution in [0.2, 0.25) is 0 Å². The molecule has 3 nitrogen and oxygen atoms in total. The van der Waals surface area contributed by atoms with Gasteiger partial charge in [0.1, 0.15) is 0 Å². The van der Waals surface area contributed by atoms with E-state index in [4.69, 9.17) is 5.10 Å². The topological polar surface area (TPSA) is 38.0 Å². The van der Waals surface area contributed by atoms with Gasteiger partial charge in [-0.2, -0.15) is 5.10 Å². The Kier molecular flexibility index (Phi) is 4.71. The van der Waals surface area contributed by atoms with Crippen LogP contribution < -0.4 is 0 Å². The summed E-state index contributed by atoms with van der Waals surface area (Å²) in [6.07, 6.45) is 9.69. The van der Waals surface area contributed by atoms with Crippen LogP contribution in [-0.2, 0) is 6.42 Å². The predicted molar refractivity (Wildman–Crippen MR) is 84.1 cm³/mol. The van der Waals surface area contributed by atoms with Crippen molar-refractivity contribution in [3.8, 4) is 0 Å². The number of aliphatic hydroxyl groups excluding tert-OH is 1. The highest BCUT2D eigenvalue weighted by Crippen LogP contribution is 2.28. The first kappa shape index (κ1) is 14.3. The van der Waals surface area contributed by atoms with E-state index in [0.717, 1.165) is 30.5 Å². The van der Waals surface area contributed by atoms with Crippen molar-refractivity contribution in [2.75, 3.05) is 0 Å². The number of hydrogen-bond acceptors (Lipinski definition) is 2. The molecule has 1 aromatic carbocycles. The van der Waals surface area contributed by atoms with Crippen molar-refractivity contribution in [3.63, 3.8) is 0 Å². The van der Waals surface area contributed by atoms with Crippen molar-refractivity contribution >= 4 is 0 Å². The molecule has 0 radical (unpaired) electrons. The summed E-state index contributed by atoms with van der Waals surface area (Å²) in [5.74, 6) is 0. The van der Waals surface area contributed by atoms with Crippen molar-refractivity contribution < 1.29 is 5.11 Å². The SMILES string of the molecule is OC(CCCc1ccn(C2CCCC2)n1)c1ccccc1. The Bertz CT molecular complexity index is 543. The fourth-order valence-corrected chi connectivity index (χ4v) is 3.20. The highest BCUT2D eigenvalue weighted by Gasteiger charge is 2.17. The number of aromatic nitrogens is 2. The molecule has 3 heteroatoms. The van der Waals surface area contributed by atoms with Gasteiger partial charge in [-0.05, 0) is 43.7 Å². The molecule has 0 saturated heterocycles. The molecule has 21 heavy (non-hydrogen) atoms. The Labute approximate surface area is 126 Å². The van der Waals surface area contributed by atoms with Crippen LogP contribution in [0.25, 0.3) is 0 Å². The van der Waals surface area contributed by atoms with Crippen molar-refractivity contribution in [1.29, 1.82) is 0 Å². The molecule has 3 rings (SSSR count). The number of rotatable bonds is 6. The van der Waals surface area contributed by atoms with E-state index in [1.807, 2.05) is 30.3 Å². The monoisotopic (exact) mass is 284 g/mol. The largest absolute Gasteiger partial charge is 0.388 e. The predicted octanol–water partition coefficient (Wildman–Crippen LogP) is 4.05. The number of benzene rings is 1. The molecule has 1 N–H and O–H groups in total. The molecule has 0 bridgehead atoms. The van der Waals surface area contributed by atoms with Crippen LogP contribution in [-0.4, -0.2) is 14.9 Å². The third-order valence-electron chi connectivity index (χ3n) is 4.46. The summed E-state index contributed by atoms with van der Waals surface area (Å²) in [6.45, 7) is 0. The van der Waals surface area contributed by atoms with Gasteiger partial charge in [0.05, 0.1) is 17.8 Å². The average Bonchev–Trinajstić information content (AvgIpc) is 3.19.